The van der Waals surface area contributed by atoms with Gasteiger partial charge in [0.15, 0.2) is 0 Å². The standard InChI is InChI=1S/C31H28N3O.C18H24NSi.Ir/c1-18-10-9-11-19(2)26(18)24-17-16-21-27-20(3)14-15-22(28(27)35-30(21)33-24)29-32-23-12-7-8-13-25(23)34(29)31(4,5)6;1-14(2)11-16-12-17(15-9-7-6-8-10-15)19-13-18(16)20(3,4)5;/h7-14,16-17H,1-6H3;6-9,12-14H,11H2,1-5H3;/q2*-1;. The fourth-order valence-electron chi connectivity index (χ4n) is 7.74. The minimum Gasteiger partial charge on any atom is -0.486 e. The average Bonchev–Trinajstić information content (AvgIpc) is 3.71. The zero-order valence-corrected chi connectivity index (χ0v) is 37.9. The Kier molecular flexibility index (Phi) is 11.7. The molecule has 0 saturated heterocycles. The minimum atomic E-state index is -1.34. The van der Waals surface area contributed by atoms with Crippen LogP contribution in [-0.4, -0.2) is 27.6 Å². The number of benzene rings is 4. The molecule has 4 aromatic carbocycles. The van der Waals surface area contributed by atoms with Crippen LogP contribution in [0.1, 0.15) is 56.9 Å². The maximum atomic E-state index is 6.53. The summed E-state index contributed by atoms with van der Waals surface area (Å²) in [6.07, 6.45) is 3.24. The van der Waals surface area contributed by atoms with Crippen LogP contribution in [0.25, 0.3) is 67.0 Å². The Morgan fingerprint density at radius 3 is 2.18 bits per heavy atom. The number of fused-ring (bicyclic) bond motifs is 4. The van der Waals surface area contributed by atoms with E-state index >= 15 is 0 Å². The summed E-state index contributed by atoms with van der Waals surface area (Å²) >= 11 is 0. The van der Waals surface area contributed by atoms with Crippen LogP contribution in [0, 0.1) is 38.8 Å². The van der Waals surface area contributed by atoms with Crippen molar-refractivity contribution in [1.29, 1.82) is 0 Å². The molecule has 289 valence electrons. The van der Waals surface area contributed by atoms with Gasteiger partial charge >= 0.3 is 0 Å². The molecule has 56 heavy (non-hydrogen) atoms. The molecule has 0 aliphatic rings. The molecule has 8 aromatic rings. The van der Waals surface area contributed by atoms with Crippen molar-refractivity contribution < 1.29 is 24.5 Å². The second-order valence-corrected chi connectivity index (χ2v) is 22.3. The summed E-state index contributed by atoms with van der Waals surface area (Å²) in [5.41, 5.74) is 13.4. The molecular weight excluding hydrogens is 881 g/mol. The molecule has 0 aliphatic carbocycles. The number of pyridine rings is 2. The van der Waals surface area contributed by atoms with E-state index in [1.165, 1.54) is 21.9 Å². The van der Waals surface area contributed by atoms with Gasteiger partial charge in [0, 0.05) is 42.8 Å². The fraction of sp³-hybridized carbons (Fsp3) is 0.286. The number of hydrogen-bond donors (Lipinski definition) is 0. The maximum absolute atomic E-state index is 6.53. The normalized spacial score (nSPS) is 11.9. The first kappa shape index (κ1) is 41.0. The molecule has 0 amide bonds. The van der Waals surface area contributed by atoms with Gasteiger partial charge in [-0.05, 0) is 93.2 Å². The van der Waals surface area contributed by atoms with Gasteiger partial charge in [0.2, 0.25) is 5.71 Å². The minimum absolute atomic E-state index is 0. The predicted octanol–water partition coefficient (Wildman–Crippen LogP) is 12.4. The molecule has 0 saturated carbocycles. The van der Waals surface area contributed by atoms with Gasteiger partial charge in [0.25, 0.3) is 0 Å². The zero-order valence-electron chi connectivity index (χ0n) is 34.6. The Labute approximate surface area is 347 Å². The molecule has 0 bridgehead atoms. The van der Waals surface area contributed by atoms with Crippen molar-refractivity contribution in [2.45, 2.75) is 87.0 Å². The Bertz CT molecular complexity index is 2640. The van der Waals surface area contributed by atoms with Crippen molar-refractivity contribution in [2.24, 2.45) is 5.92 Å². The van der Waals surface area contributed by atoms with E-state index in [0.29, 0.717) is 11.6 Å². The number of hydrogen-bond acceptors (Lipinski definition) is 4. The van der Waals surface area contributed by atoms with Crippen molar-refractivity contribution in [1.82, 2.24) is 19.5 Å². The summed E-state index contributed by atoms with van der Waals surface area (Å²) in [5.74, 6) is 1.53. The molecule has 0 unspecified atom stereocenters. The van der Waals surface area contributed by atoms with Crippen molar-refractivity contribution in [3.05, 3.63) is 132 Å². The van der Waals surface area contributed by atoms with Crippen LogP contribution < -0.4 is 5.19 Å². The van der Waals surface area contributed by atoms with E-state index in [2.05, 4.69) is 164 Å². The zero-order chi connectivity index (χ0) is 39.2. The summed E-state index contributed by atoms with van der Waals surface area (Å²) in [6.45, 7) is 24.7. The second-order valence-electron chi connectivity index (χ2n) is 17.3. The number of nitrogens with zero attached hydrogens (tertiary/aromatic N) is 4. The molecule has 0 N–H and O–H groups in total. The van der Waals surface area contributed by atoms with Crippen molar-refractivity contribution in [2.75, 3.05) is 0 Å². The van der Waals surface area contributed by atoms with Gasteiger partial charge in [0.05, 0.1) is 36.2 Å². The average molecular weight is 933 g/mol. The largest absolute Gasteiger partial charge is 0.486 e. The van der Waals surface area contributed by atoms with Crippen LogP contribution in [0.15, 0.2) is 102 Å². The first-order chi connectivity index (χ1) is 26.1. The van der Waals surface area contributed by atoms with Gasteiger partial charge in [-0.1, -0.05) is 93.3 Å². The Morgan fingerprint density at radius 1 is 0.804 bits per heavy atom. The van der Waals surface area contributed by atoms with E-state index < -0.39 is 8.07 Å². The summed E-state index contributed by atoms with van der Waals surface area (Å²) in [7, 11) is -1.34. The number of aryl methyl sites for hydroxylation is 3. The Balaban J connectivity index is 0.000000217. The fourth-order valence-corrected chi connectivity index (χ4v) is 9.33. The molecular formula is C49H52IrN4OSi-2. The number of furan rings is 1. The molecule has 0 fully saturated rings. The predicted molar refractivity (Wildman–Crippen MR) is 234 cm³/mol. The molecule has 0 spiro atoms. The van der Waals surface area contributed by atoms with Crippen LogP contribution in [0.2, 0.25) is 19.6 Å². The molecule has 7 heteroatoms. The topological polar surface area (TPSA) is 56.7 Å². The number of para-hydroxylation sites is 2. The van der Waals surface area contributed by atoms with Gasteiger partial charge < -0.3 is 14.0 Å². The summed E-state index contributed by atoms with van der Waals surface area (Å²) in [5, 5.41) is 3.58. The van der Waals surface area contributed by atoms with Crippen LogP contribution in [0.5, 0.6) is 0 Å². The SMILES string of the molecule is CC(C)Cc1cc(-c2[c-]cccc2)ncc1[Si](C)(C)C.Cc1cccc(C)c1-c1ccc2c(n1)oc1c(-c3nc4ccccc4n3C(C)(C)C)[c-]cc(C)c12.[Ir]. The molecule has 1 radical (unpaired) electrons. The van der Waals surface area contributed by atoms with E-state index in [0.717, 1.165) is 73.3 Å². The van der Waals surface area contributed by atoms with Crippen LogP contribution >= 0.6 is 0 Å². The van der Waals surface area contributed by atoms with Crippen LogP contribution in [-0.2, 0) is 32.1 Å². The van der Waals surface area contributed by atoms with Gasteiger partial charge in [-0.2, -0.15) is 0 Å². The van der Waals surface area contributed by atoms with Gasteiger partial charge in [0.1, 0.15) is 0 Å². The van der Waals surface area contributed by atoms with E-state index in [9.17, 15) is 0 Å². The van der Waals surface area contributed by atoms with E-state index in [-0.39, 0.29) is 25.6 Å². The first-order valence-corrected chi connectivity index (χ1v) is 22.9. The van der Waals surface area contributed by atoms with E-state index in [4.69, 9.17) is 14.4 Å². The third-order valence-corrected chi connectivity index (χ3v) is 12.3. The Morgan fingerprint density at radius 2 is 1.52 bits per heavy atom. The van der Waals surface area contributed by atoms with E-state index in [1.54, 1.807) is 0 Å². The molecule has 0 atom stereocenters. The van der Waals surface area contributed by atoms with Crippen LogP contribution in [0.3, 0.4) is 0 Å². The Hall–Kier alpha value is -4.68. The summed E-state index contributed by atoms with van der Waals surface area (Å²) in [6, 6.07) is 38.0. The third-order valence-electron chi connectivity index (χ3n) is 10.2. The molecule has 5 nitrogen and oxygen atoms in total. The first-order valence-electron chi connectivity index (χ1n) is 19.4. The van der Waals surface area contributed by atoms with Gasteiger partial charge in [-0.25, -0.2) is 4.98 Å². The van der Waals surface area contributed by atoms with E-state index in [1.807, 2.05) is 30.3 Å². The molecule has 4 heterocycles. The van der Waals surface area contributed by atoms with Gasteiger partial charge in [-0.15, -0.1) is 53.6 Å². The van der Waals surface area contributed by atoms with Gasteiger partial charge in [-0.3, -0.25) is 4.98 Å². The summed E-state index contributed by atoms with van der Waals surface area (Å²) in [4.78, 5) is 14.7. The number of aromatic nitrogens is 4. The van der Waals surface area contributed by atoms with Crippen molar-refractivity contribution in [3.8, 4) is 33.9 Å². The molecule has 8 rings (SSSR count). The van der Waals surface area contributed by atoms with Crippen LogP contribution in [0.4, 0.5) is 0 Å². The molecule has 4 aromatic heterocycles. The van der Waals surface area contributed by atoms with Crippen molar-refractivity contribution >= 4 is 46.4 Å². The third kappa shape index (κ3) is 8.09. The summed E-state index contributed by atoms with van der Waals surface area (Å²) < 4.78 is 8.81. The monoisotopic (exact) mass is 933 g/mol. The molecule has 0 aliphatic heterocycles. The smallest absolute Gasteiger partial charge is 0.216 e. The number of imidazole rings is 1. The number of rotatable bonds is 6. The van der Waals surface area contributed by atoms with Crippen molar-refractivity contribution in [3.63, 3.8) is 0 Å². The maximum Gasteiger partial charge on any atom is 0.216 e. The second kappa shape index (κ2) is 16.1. The quantitative estimate of drug-likeness (QED) is 0.123.